The molecular weight excluding hydrogens is 774 g/mol. The number of benzene rings is 3. The molecule has 9 aromatic heterocycles. The monoisotopic (exact) mass is 774 g/mol. The van der Waals surface area contributed by atoms with Gasteiger partial charge < -0.3 is 0 Å². The molecule has 17 heteroatoms. The van der Waals surface area contributed by atoms with Gasteiger partial charge in [-0.05, 0) is 0 Å². The fraction of sp³-hybridized carbons (Fsp3) is 0. The maximum absolute atomic E-state index is 15.3. The van der Waals surface area contributed by atoms with Crippen LogP contribution in [-0.4, -0.2) is 39.3 Å². The van der Waals surface area contributed by atoms with Crippen LogP contribution in [0.2, 0.25) is 0 Å². The molecule has 0 amide bonds. The van der Waals surface area contributed by atoms with Gasteiger partial charge in [0.1, 0.15) is 0 Å². The van der Waals surface area contributed by atoms with Crippen LogP contribution >= 0.6 is 0 Å². The third-order valence-corrected chi connectivity index (χ3v) is 14.0. The van der Waals surface area contributed by atoms with Gasteiger partial charge in [0.25, 0.3) is 0 Å². The number of H-pyrrole nitrogens is 1. The number of hydrogen-bond acceptors (Lipinski definition) is 14. The van der Waals surface area contributed by atoms with Crippen LogP contribution in [0.15, 0.2) is 44.4 Å². The van der Waals surface area contributed by atoms with Crippen molar-refractivity contribution < 1.29 is 17.9 Å². The molecule has 11 bridgehead atoms. The second kappa shape index (κ2) is 7.39. The van der Waals surface area contributed by atoms with E-state index in [1.165, 1.54) is 6.07 Å². The first-order valence-corrected chi connectivity index (χ1v) is 18.7. The van der Waals surface area contributed by atoms with Crippen molar-refractivity contribution in [2.24, 2.45) is 0 Å². The molecular formula is C39H2N8O8Zn. The van der Waals surface area contributed by atoms with E-state index in [9.17, 15) is 19.2 Å². The molecule has 16 aromatic rings. The molecule has 0 saturated carbocycles. The Balaban J connectivity index is 1.45. The van der Waals surface area contributed by atoms with Gasteiger partial charge in [0.05, 0.1) is 0 Å². The third-order valence-electron chi connectivity index (χ3n) is 12.6. The van der Waals surface area contributed by atoms with Gasteiger partial charge in [-0.2, -0.15) is 0 Å². The second-order valence-corrected chi connectivity index (χ2v) is 16.4. The molecule has 0 aliphatic carbocycles. The van der Waals surface area contributed by atoms with Gasteiger partial charge in [0.2, 0.25) is 0 Å². The Labute approximate surface area is 305 Å². The number of fused-ring (bicyclic) bond motifs is 9. The molecule has 16 rings (SSSR count). The van der Waals surface area contributed by atoms with Crippen LogP contribution in [0.5, 0.6) is 0 Å². The van der Waals surface area contributed by atoms with Crippen LogP contribution < -0.4 is 43.6 Å². The number of nitrogens with one attached hydrogen (secondary N) is 1. The summed E-state index contributed by atoms with van der Waals surface area (Å²) in [6.07, 6.45) is 0. The first-order valence-electron chi connectivity index (χ1n) is 17.2. The molecule has 1 N–H and O–H groups in total. The molecule has 0 atom stereocenters. The van der Waals surface area contributed by atoms with Gasteiger partial charge in [-0.25, -0.2) is 0 Å². The van der Waals surface area contributed by atoms with Crippen LogP contribution in [0.1, 0.15) is 0 Å². The SMILES string of the molecule is O=c1[c](=[Zn])c1=c1c(=O)c2c3c(=O)c3c3c(=O)c4c5c(=O)c5c5c(=O)c6c7c(=O)c7c7c(=O)n8c9nc%10nc(nc%11[nH]c(cc1%11)nc1nc(nc8c5c49)c6c17)c2c%103. The molecule has 7 aromatic carbocycles. The predicted octanol–water partition coefficient (Wildman–Crippen LogP) is 1.01. The fourth-order valence-corrected chi connectivity index (χ4v) is 11.0. The fourth-order valence-electron chi connectivity index (χ4n) is 10.1. The van der Waals surface area contributed by atoms with Gasteiger partial charge in [0.15, 0.2) is 0 Å². The van der Waals surface area contributed by atoms with E-state index in [1.807, 2.05) is 0 Å². The standard InChI is InChI=1S/C39H2N8O8.Zn/c48-5-1-3(5)7-4-2-6-40-32(4)42-34-19-13(26(7)49)8-9(27(8)50)14-20(19)35(44-34)45-37-23-16(30(14)53)10-11(28(10)51)17-24(23)38-46-36-21-15(31(17)54)12-18(29(12)52)25(39(55)47(37)38)22(21)33(41-6)43-36;/h2H,(H,40,41,42,43,44,45,46);. The first kappa shape index (κ1) is 27.0. The van der Waals surface area contributed by atoms with Crippen LogP contribution in [-0.2, 0) is 17.9 Å². The third kappa shape index (κ3) is 2.38. The number of hydrogen-bond donors (Lipinski definition) is 1. The second-order valence-electron chi connectivity index (χ2n) is 15.0. The summed E-state index contributed by atoms with van der Waals surface area (Å²) in [7, 11) is 0. The molecule has 248 valence electrons. The first-order chi connectivity index (χ1) is 27.1. The summed E-state index contributed by atoms with van der Waals surface area (Å²) in [5, 5.41) is -0.298. The van der Waals surface area contributed by atoms with Crippen molar-refractivity contribution in [2.75, 3.05) is 0 Å². The van der Waals surface area contributed by atoms with Crippen molar-refractivity contribution in [2.45, 2.75) is 0 Å². The minimum atomic E-state index is -0.770. The Bertz CT molecular complexity index is 5240. The Morgan fingerprint density at radius 1 is 0.411 bits per heavy atom. The Kier molecular flexibility index (Phi) is 3.56. The van der Waals surface area contributed by atoms with Crippen molar-refractivity contribution in [3.05, 3.63) is 102 Å². The van der Waals surface area contributed by atoms with Gasteiger partial charge in [-0.3, -0.25) is 14.4 Å². The summed E-state index contributed by atoms with van der Waals surface area (Å²) >= 11 is 0.460. The quantitative estimate of drug-likeness (QED) is 0.212. The number of rotatable bonds is 0. The maximum atomic E-state index is 15.3. The van der Waals surface area contributed by atoms with E-state index in [4.69, 9.17) is 29.9 Å². The average molecular weight is 776 g/mol. The van der Waals surface area contributed by atoms with E-state index >= 15 is 19.2 Å². The average Bonchev–Trinajstić information content (AvgIpc) is 4.09. The zero-order chi connectivity index (χ0) is 37.2. The van der Waals surface area contributed by atoms with Crippen LogP contribution in [0, 0.1) is 14.2 Å². The molecule has 0 aliphatic rings. The van der Waals surface area contributed by atoms with Crippen LogP contribution in [0.4, 0.5) is 0 Å². The molecule has 0 saturated heterocycles. The molecule has 0 radical (unpaired) electrons. The number of aromatic nitrogens is 8. The van der Waals surface area contributed by atoms with E-state index in [0.29, 0.717) is 21.6 Å². The minimum absolute atomic E-state index is 0.00144. The summed E-state index contributed by atoms with van der Waals surface area (Å²) in [6, 6.07) is 1.50. The van der Waals surface area contributed by atoms with Crippen molar-refractivity contribution in [1.29, 1.82) is 0 Å². The van der Waals surface area contributed by atoms with E-state index < -0.39 is 38.1 Å². The van der Waals surface area contributed by atoms with E-state index in [2.05, 4.69) is 4.98 Å². The van der Waals surface area contributed by atoms with E-state index in [1.54, 1.807) is 0 Å². The zero-order valence-electron chi connectivity index (χ0n) is 27.2. The van der Waals surface area contributed by atoms with Gasteiger partial charge >= 0.3 is 287 Å². The predicted molar refractivity (Wildman–Crippen MR) is 200 cm³/mol. The summed E-state index contributed by atoms with van der Waals surface area (Å²) in [5.41, 5.74) is -5.37. The van der Waals surface area contributed by atoms with Crippen LogP contribution in [0.3, 0.4) is 0 Å². The Hall–Kier alpha value is -7.65. The van der Waals surface area contributed by atoms with E-state index in [-0.39, 0.29) is 163 Å². The molecule has 0 aliphatic heterocycles. The molecule has 0 unspecified atom stereocenters. The van der Waals surface area contributed by atoms with Gasteiger partial charge in [0, 0.05) is 5.39 Å². The van der Waals surface area contributed by atoms with Crippen molar-refractivity contribution in [3.8, 4) is 0 Å². The van der Waals surface area contributed by atoms with Gasteiger partial charge in [-0.15, -0.1) is 0 Å². The van der Waals surface area contributed by atoms with E-state index in [0.717, 1.165) is 4.40 Å². The number of aromatic amines is 1. The van der Waals surface area contributed by atoms with Crippen molar-refractivity contribution >= 4 is 148 Å². The van der Waals surface area contributed by atoms with Crippen molar-refractivity contribution in [1.82, 2.24) is 39.3 Å². The molecule has 16 nitrogen and oxygen atoms in total. The Morgan fingerprint density at radius 3 is 1.30 bits per heavy atom. The molecule has 56 heavy (non-hydrogen) atoms. The van der Waals surface area contributed by atoms with Gasteiger partial charge in [-0.1, -0.05) is 0 Å². The van der Waals surface area contributed by atoms with Crippen LogP contribution in [0.25, 0.3) is 148 Å². The molecule has 0 spiro atoms. The topological polar surface area (TPSA) is 234 Å². The summed E-state index contributed by atoms with van der Waals surface area (Å²) in [6.45, 7) is 0. The zero-order valence-corrected chi connectivity index (χ0v) is 30.1. The summed E-state index contributed by atoms with van der Waals surface area (Å²) < 4.78 is 1.59. The number of nitrogens with zero attached hydrogens (tertiary/aromatic N) is 7. The molecule has 9 heterocycles. The molecule has 0 fully saturated rings. The van der Waals surface area contributed by atoms with Crippen molar-refractivity contribution in [3.63, 3.8) is 0 Å². The normalized spacial score (nSPS) is 14.7. The summed E-state index contributed by atoms with van der Waals surface area (Å²) in [4.78, 5) is 147. The Morgan fingerprint density at radius 2 is 0.804 bits per heavy atom. The summed E-state index contributed by atoms with van der Waals surface area (Å²) in [5.74, 6) is 0.